The van der Waals surface area contributed by atoms with Gasteiger partial charge >= 0.3 is 0 Å². The van der Waals surface area contributed by atoms with Crippen LogP contribution in [0.1, 0.15) is 35.8 Å². The molecular weight excluding hydrogens is 448 g/mol. The molecule has 1 atom stereocenters. The van der Waals surface area contributed by atoms with Gasteiger partial charge in [0.25, 0.3) is 5.56 Å². The van der Waals surface area contributed by atoms with Gasteiger partial charge in [0.2, 0.25) is 0 Å². The van der Waals surface area contributed by atoms with Crippen LogP contribution < -0.4 is 15.0 Å². The standard InChI is InChI=1S/C25H26N6O4/c32-18-6-8-30(9-7-18)23(24-27-28-29-31(24)15-16-4-2-1-3-5-16)19-12-17-13-21-22(35-11-10-34-21)14-20(17)26-25(19)33/h1-5,12-14,18,23,32H,6-11,15H2,(H,26,33)/t23-/m0/s1. The Morgan fingerprint density at radius 3 is 2.57 bits per heavy atom. The molecule has 4 aromatic rings. The molecule has 0 spiro atoms. The van der Waals surface area contributed by atoms with Gasteiger partial charge in [0.1, 0.15) is 19.3 Å². The molecule has 0 radical (unpaired) electrons. The van der Waals surface area contributed by atoms with Crippen LogP contribution in [0.2, 0.25) is 0 Å². The van der Waals surface area contributed by atoms with Crippen LogP contribution in [0.15, 0.2) is 53.3 Å². The predicted octanol–water partition coefficient (Wildman–Crippen LogP) is 1.88. The first-order valence-corrected chi connectivity index (χ1v) is 11.8. The van der Waals surface area contributed by atoms with Gasteiger partial charge in [0.15, 0.2) is 17.3 Å². The van der Waals surface area contributed by atoms with Crippen LogP contribution in [-0.2, 0) is 6.54 Å². The Balaban J connectivity index is 1.46. The summed E-state index contributed by atoms with van der Waals surface area (Å²) in [6.45, 7) is 2.71. The molecule has 2 aromatic carbocycles. The number of hydrogen-bond donors (Lipinski definition) is 2. The first-order chi connectivity index (χ1) is 17.2. The molecule has 10 nitrogen and oxygen atoms in total. The summed E-state index contributed by atoms with van der Waals surface area (Å²) in [7, 11) is 0. The average molecular weight is 475 g/mol. The van der Waals surface area contributed by atoms with Crippen LogP contribution in [0.5, 0.6) is 11.5 Å². The van der Waals surface area contributed by atoms with E-state index in [1.165, 1.54) is 0 Å². The number of H-pyrrole nitrogens is 1. The monoisotopic (exact) mass is 474 g/mol. The van der Waals surface area contributed by atoms with Crippen molar-refractivity contribution in [1.29, 1.82) is 0 Å². The number of aliphatic hydroxyl groups excluding tert-OH is 1. The van der Waals surface area contributed by atoms with E-state index in [9.17, 15) is 9.90 Å². The van der Waals surface area contributed by atoms with Gasteiger partial charge in [-0.1, -0.05) is 30.3 Å². The molecule has 1 fully saturated rings. The lowest BCUT2D eigenvalue weighted by molar-refractivity contribution is 0.0659. The number of likely N-dealkylation sites (tertiary alicyclic amines) is 1. The summed E-state index contributed by atoms with van der Waals surface area (Å²) in [5.74, 6) is 1.88. The third kappa shape index (κ3) is 4.26. The fourth-order valence-electron chi connectivity index (χ4n) is 4.88. The molecule has 0 bridgehead atoms. The molecule has 2 aromatic heterocycles. The van der Waals surface area contributed by atoms with Crippen molar-refractivity contribution in [3.63, 3.8) is 0 Å². The maximum absolute atomic E-state index is 13.4. The number of piperidine rings is 1. The fourth-order valence-corrected chi connectivity index (χ4v) is 4.88. The predicted molar refractivity (Wildman–Crippen MR) is 128 cm³/mol. The van der Waals surface area contributed by atoms with Crippen LogP contribution in [0.25, 0.3) is 10.9 Å². The number of ether oxygens (including phenoxy) is 2. The van der Waals surface area contributed by atoms with Crippen LogP contribution >= 0.6 is 0 Å². The molecule has 2 N–H and O–H groups in total. The maximum atomic E-state index is 13.4. The minimum absolute atomic E-state index is 0.209. The SMILES string of the molecule is O=c1[nH]c2cc3c(cc2cc1[C@@H](c1nnnn1Cc1ccccc1)N1CCC(O)CC1)OCCO3. The molecular formula is C25H26N6O4. The molecule has 6 rings (SSSR count). The Morgan fingerprint density at radius 1 is 1.06 bits per heavy atom. The number of tetrazole rings is 1. The number of benzene rings is 2. The van der Waals surface area contributed by atoms with Crippen LogP contribution in [0.4, 0.5) is 0 Å². The van der Waals surface area contributed by atoms with E-state index in [4.69, 9.17) is 9.47 Å². The van der Waals surface area contributed by atoms with Crippen molar-refractivity contribution >= 4 is 10.9 Å². The van der Waals surface area contributed by atoms with Gasteiger partial charge in [-0.25, -0.2) is 4.68 Å². The highest BCUT2D eigenvalue weighted by molar-refractivity contribution is 5.83. The maximum Gasteiger partial charge on any atom is 0.253 e. The summed E-state index contributed by atoms with van der Waals surface area (Å²) >= 11 is 0. The largest absolute Gasteiger partial charge is 0.486 e. The molecule has 0 saturated carbocycles. The molecule has 180 valence electrons. The Hall–Kier alpha value is -3.76. The minimum Gasteiger partial charge on any atom is -0.486 e. The van der Waals surface area contributed by atoms with Gasteiger partial charge in [0.05, 0.1) is 18.2 Å². The normalized spacial score (nSPS) is 17.5. The van der Waals surface area contributed by atoms with E-state index >= 15 is 0 Å². The van der Waals surface area contributed by atoms with Crippen LogP contribution in [0, 0.1) is 0 Å². The van der Waals surface area contributed by atoms with E-state index in [1.807, 2.05) is 42.5 Å². The summed E-state index contributed by atoms with van der Waals surface area (Å²) in [5, 5.41) is 23.5. The number of aromatic amines is 1. The van der Waals surface area contributed by atoms with E-state index in [2.05, 4.69) is 25.4 Å². The second kappa shape index (κ2) is 9.12. The van der Waals surface area contributed by atoms with E-state index in [-0.39, 0.29) is 11.7 Å². The molecule has 0 aliphatic carbocycles. The molecule has 1 saturated heterocycles. The molecule has 2 aliphatic rings. The molecule has 35 heavy (non-hydrogen) atoms. The number of aliphatic hydroxyl groups is 1. The number of nitrogens with zero attached hydrogens (tertiary/aromatic N) is 5. The minimum atomic E-state index is -0.470. The number of aromatic nitrogens is 5. The quantitative estimate of drug-likeness (QED) is 0.450. The van der Waals surface area contributed by atoms with Crippen molar-refractivity contribution in [1.82, 2.24) is 30.1 Å². The first kappa shape index (κ1) is 21.8. The topological polar surface area (TPSA) is 118 Å². The van der Waals surface area contributed by atoms with Crippen molar-refractivity contribution in [3.05, 3.63) is 75.8 Å². The molecule has 4 heterocycles. The van der Waals surface area contributed by atoms with Gasteiger partial charge in [-0.15, -0.1) is 5.10 Å². The molecule has 0 amide bonds. The summed E-state index contributed by atoms with van der Waals surface area (Å²) in [4.78, 5) is 18.6. The number of hydrogen-bond acceptors (Lipinski definition) is 8. The van der Waals surface area contributed by atoms with Crippen molar-refractivity contribution in [3.8, 4) is 11.5 Å². The smallest absolute Gasteiger partial charge is 0.253 e. The third-order valence-electron chi connectivity index (χ3n) is 6.67. The highest BCUT2D eigenvalue weighted by Gasteiger charge is 2.33. The lowest BCUT2D eigenvalue weighted by atomic mass is 9.99. The van der Waals surface area contributed by atoms with Crippen LogP contribution in [-0.4, -0.2) is 67.6 Å². The zero-order chi connectivity index (χ0) is 23.8. The van der Waals surface area contributed by atoms with Gasteiger partial charge in [-0.3, -0.25) is 9.69 Å². The Bertz CT molecular complexity index is 1390. The van der Waals surface area contributed by atoms with Gasteiger partial charge in [0, 0.05) is 30.1 Å². The van der Waals surface area contributed by atoms with Crippen LogP contribution in [0.3, 0.4) is 0 Å². The Labute approximate surface area is 201 Å². The lowest BCUT2D eigenvalue weighted by Crippen LogP contribution is -2.41. The highest BCUT2D eigenvalue weighted by Crippen LogP contribution is 2.35. The second-order valence-electron chi connectivity index (χ2n) is 8.99. The summed E-state index contributed by atoms with van der Waals surface area (Å²) in [6, 6.07) is 15.1. The molecule has 10 heteroatoms. The highest BCUT2D eigenvalue weighted by atomic mass is 16.6. The molecule has 0 unspecified atom stereocenters. The van der Waals surface area contributed by atoms with Crippen molar-refractivity contribution in [2.45, 2.75) is 31.5 Å². The van der Waals surface area contributed by atoms with Gasteiger partial charge < -0.3 is 19.6 Å². The van der Waals surface area contributed by atoms with Crippen molar-refractivity contribution in [2.75, 3.05) is 26.3 Å². The van der Waals surface area contributed by atoms with E-state index < -0.39 is 6.04 Å². The van der Waals surface area contributed by atoms with E-state index in [1.54, 1.807) is 10.7 Å². The summed E-state index contributed by atoms with van der Waals surface area (Å²) in [6.07, 6.45) is 0.910. The Morgan fingerprint density at radius 2 is 1.80 bits per heavy atom. The lowest BCUT2D eigenvalue weighted by Gasteiger charge is -2.35. The first-order valence-electron chi connectivity index (χ1n) is 11.8. The summed E-state index contributed by atoms with van der Waals surface area (Å²) < 4.78 is 13.2. The van der Waals surface area contributed by atoms with Gasteiger partial charge in [-0.05, 0) is 41.0 Å². The third-order valence-corrected chi connectivity index (χ3v) is 6.67. The Kier molecular flexibility index (Phi) is 5.67. The fraction of sp³-hybridized carbons (Fsp3) is 0.360. The van der Waals surface area contributed by atoms with Gasteiger partial charge in [-0.2, -0.15) is 0 Å². The van der Waals surface area contributed by atoms with E-state index in [0.29, 0.717) is 74.1 Å². The number of fused-ring (bicyclic) bond motifs is 2. The summed E-state index contributed by atoms with van der Waals surface area (Å²) in [5.41, 5.74) is 2.08. The van der Waals surface area contributed by atoms with Crippen molar-refractivity contribution in [2.24, 2.45) is 0 Å². The van der Waals surface area contributed by atoms with E-state index in [0.717, 1.165) is 10.9 Å². The number of nitrogens with one attached hydrogen (secondary N) is 1. The zero-order valence-electron chi connectivity index (χ0n) is 19.1. The second-order valence-corrected chi connectivity index (χ2v) is 8.99. The number of rotatable bonds is 5. The molecule has 2 aliphatic heterocycles. The van der Waals surface area contributed by atoms with Crippen molar-refractivity contribution < 1.29 is 14.6 Å². The number of pyridine rings is 1. The average Bonchev–Trinajstić information content (AvgIpc) is 3.32. The zero-order valence-corrected chi connectivity index (χ0v) is 19.1.